The quantitative estimate of drug-likeness (QED) is 0.167. The molecule has 0 amide bonds. The lowest BCUT2D eigenvalue weighted by Gasteiger charge is -2.45. The van der Waals surface area contributed by atoms with E-state index in [1.807, 2.05) is 0 Å². The summed E-state index contributed by atoms with van der Waals surface area (Å²) in [4.78, 5) is 74.5. The van der Waals surface area contributed by atoms with E-state index < -0.39 is 91.4 Å². The molecule has 256 valence electrons. The lowest BCUT2D eigenvalue weighted by molar-refractivity contribution is -0.322. The number of hydrogen-bond acceptors (Lipinski definition) is 14. The van der Waals surface area contributed by atoms with Crippen molar-refractivity contribution in [3.63, 3.8) is 0 Å². The van der Waals surface area contributed by atoms with Crippen LogP contribution in [-0.4, -0.2) is 97.9 Å². The summed E-state index contributed by atoms with van der Waals surface area (Å²) in [5, 5.41) is 0. The van der Waals surface area contributed by atoms with E-state index in [0.29, 0.717) is 0 Å². The first-order chi connectivity index (χ1) is 21.4. The van der Waals surface area contributed by atoms with Crippen LogP contribution in [0.3, 0.4) is 0 Å². The fourth-order valence-electron chi connectivity index (χ4n) is 4.95. The zero-order chi connectivity index (χ0) is 33.7. The van der Waals surface area contributed by atoms with Gasteiger partial charge in [-0.3, -0.25) is 28.8 Å². The molecule has 0 radical (unpaired) electrons. The second kappa shape index (κ2) is 18.8. The zero-order valence-electron chi connectivity index (χ0n) is 27.3. The van der Waals surface area contributed by atoms with Crippen LogP contribution in [-0.2, 0) is 66.7 Å². The van der Waals surface area contributed by atoms with E-state index in [-0.39, 0.29) is 57.3 Å². The van der Waals surface area contributed by atoms with E-state index >= 15 is 0 Å². The number of carbonyl (C=O) groups is 6. The second-order valence-electron chi connectivity index (χ2n) is 10.8. The van der Waals surface area contributed by atoms with Gasteiger partial charge in [-0.25, -0.2) is 0 Å². The molecule has 0 spiro atoms. The maximum atomic E-state index is 12.7. The number of ether oxygens (including phenoxy) is 8. The average Bonchev–Trinajstić information content (AvgIpc) is 3.33. The Kier molecular flexibility index (Phi) is 15.9. The molecular formula is C31H48O14. The predicted octanol–water partition coefficient (Wildman–Crippen LogP) is 2.74. The molecule has 0 aromatic carbocycles. The molecule has 2 heterocycles. The van der Waals surface area contributed by atoms with Gasteiger partial charge < -0.3 is 37.9 Å². The summed E-state index contributed by atoms with van der Waals surface area (Å²) in [6.45, 7) is 10.8. The Morgan fingerprint density at radius 1 is 0.533 bits per heavy atom. The molecular weight excluding hydrogens is 596 g/mol. The minimum Gasteiger partial charge on any atom is -0.463 e. The van der Waals surface area contributed by atoms with Crippen LogP contribution in [0.4, 0.5) is 0 Å². The highest BCUT2D eigenvalue weighted by molar-refractivity contribution is 5.78. The van der Waals surface area contributed by atoms with Crippen molar-refractivity contribution in [3.05, 3.63) is 0 Å². The van der Waals surface area contributed by atoms with Crippen molar-refractivity contribution < 1.29 is 66.7 Å². The average molecular weight is 645 g/mol. The summed E-state index contributed by atoms with van der Waals surface area (Å²) in [7, 11) is 0. The maximum absolute atomic E-state index is 12.7. The monoisotopic (exact) mass is 644 g/mol. The number of ketones is 1. The molecule has 45 heavy (non-hydrogen) atoms. The number of Topliss-reactive ketones (excluding diaryl/α,β-unsaturated/α-hetero) is 1. The van der Waals surface area contributed by atoms with Crippen LogP contribution in [0.25, 0.3) is 0 Å². The Hall–Kier alpha value is -3.10. The van der Waals surface area contributed by atoms with E-state index in [4.69, 9.17) is 37.9 Å². The van der Waals surface area contributed by atoms with Gasteiger partial charge in [-0.1, -0.05) is 41.5 Å². The number of esters is 5. The lowest BCUT2D eigenvalue weighted by Crippen LogP contribution is -2.64. The van der Waals surface area contributed by atoms with Gasteiger partial charge in [0.15, 0.2) is 24.6 Å². The summed E-state index contributed by atoms with van der Waals surface area (Å²) in [6.07, 6.45) is -8.74. The summed E-state index contributed by atoms with van der Waals surface area (Å²) < 4.78 is 46.5. The van der Waals surface area contributed by atoms with Crippen LogP contribution >= 0.6 is 0 Å². The molecule has 14 heteroatoms. The molecule has 0 saturated carbocycles. The third-order valence-electron chi connectivity index (χ3n) is 7.58. The molecule has 7 unspecified atom stereocenters. The molecule has 2 fully saturated rings. The van der Waals surface area contributed by atoms with Crippen LogP contribution in [0.2, 0.25) is 0 Å². The largest absolute Gasteiger partial charge is 0.463 e. The number of rotatable bonds is 17. The van der Waals surface area contributed by atoms with Gasteiger partial charge in [0.2, 0.25) is 0 Å². The molecule has 0 aliphatic carbocycles. The standard InChI is InChI=1S/C31H48O14/c1-8-18(32)14-19-17(7)40-20(15-38-22(33)9-2)27(19)45-31-30(44-26(37)13-6)29(43-25(36)12-5)28(42-24(35)11-4)21(41-31)16-39-23(34)10-3/h17,19-21,27-31H,8-16H2,1-7H3/t17-,19+,20?,21?,27?,28?,29?,30?,31?/m0/s1. The van der Waals surface area contributed by atoms with Crippen molar-refractivity contribution in [1.29, 1.82) is 0 Å². The topological polar surface area (TPSA) is 176 Å². The fourth-order valence-corrected chi connectivity index (χ4v) is 4.95. The molecule has 14 nitrogen and oxygen atoms in total. The van der Waals surface area contributed by atoms with E-state index in [1.54, 1.807) is 48.5 Å². The van der Waals surface area contributed by atoms with Gasteiger partial charge in [-0.05, 0) is 6.92 Å². The molecule has 9 atom stereocenters. The third-order valence-corrected chi connectivity index (χ3v) is 7.58. The predicted molar refractivity (Wildman–Crippen MR) is 154 cm³/mol. The van der Waals surface area contributed by atoms with Crippen molar-refractivity contribution >= 4 is 35.6 Å². The highest BCUT2D eigenvalue weighted by atomic mass is 16.7. The van der Waals surface area contributed by atoms with Gasteiger partial charge >= 0.3 is 29.8 Å². The Balaban J connectivity index is 2.60. The first kappa shape index (κ1) is 38.1. The summed E-state index contributed by atoms with van der Waals surface area (Å²) >= 11 is 0. The highest BCUT2D eigenvalue weighted by Gasteiger charge is 2.55. The van der Waals surface area contributed by atoms with E-state index in [9.17, 15) is 28.8 Å². The van der Waals surface area contributed by atoms with Gasteiger partial charge in [0.25, 0.3) is 0 Å². The smallest absolute Gasteiger partial charge is 0.306 e. The van der Waals surface area contributed by atoms with Crippen LogP contribution in [0.5, 0.6) is 0 Å². The third kappa shape index (κ3) is 11.0. The highest BCUT2D eigenvalue weighted by Crippen LogP contribution is 2.37. The van der Waals surface area contributed by atoms with Gasteiger partial charge in [0.05, 0.1) is 12.2 Å². The van der Waals surface area contributed by atoms with Crippen molar-refractivity contribution in [1.82, 2.24) is 0 Å². The van der Waals surface area contributed by atoms with E-state index in [2.05, 4.69) is 0 Å². The Morgan fingerprint density at radius 2 is 0.978 bits per heavy atom. The molecule has 0 aromatic rings. The summed E-state index contributed by atoms with van der Waals surface area (Å²) in [6, 6.07) is 0. The van der Waals surface area contributed by atoms with Crippen LogP contribution in [0, 0.1) is 5.92 Å². The van der Waals surface area contributed by atoms with Crippen molar-refractivity contribution in [2.75, 3.05) is 13.2 Å². The molecule has 0 bridgehead atoms. The minimum atomic E-state index is -1.47. The first-order valence-corrected chi connectivity index (χ1v) is 15.8. The molecule has 0 N–H and O–H groups in total. The molecule has 2 saturated heterocycles. The van der Waals surface area contributed by atoms with Crippen molar-refractivity contribution in [3.8, 4) is 0 Å². The van der Waals surface area contributed by atoms with Crippen LogP contribution in [0.15, 0.2) is 0 Å². The van der Waals surface area contributed by atoms with Crippen LogP contribution < -0.4 is 0 Å². The Labute approximate surface area is 264 Å². The fraction of sp³-hybridized carbons (Fsp3) is 0.806. The van der Waals surface area contributed by atoms with Gasteiger partial charge in [0.1, 0.15) is 31.2 Å². The van der Waals surface area contributed by atoms with E-state index in [0.717, 1.165) is 0 Å². The summed E-state index contributed by atoms with van der Waals surface area (Å²) in [5.41, 5.74) is 0. The number of hydrogen-bond donors (Lipinski definition) is 0. The Morgan fingerprint density at radius 3 is 1.44 bits per heavy atom. The Bertz CT molecular complexity index is 1030. The molecule has 0 aromatic heterocycles. The van der Waals surface area contributed by atoms with E-state index in [1.165, 1.54) is 0 Å². The second-order valence-corrected chi connectivity index (χ2v) is 10.8. The normalized spacial score (nSPS) is 29.4. The number of carbonyl (C=O) groups excluding carboxylic acids is 6. The maximum Gasteiger partial charge on any atom is 0.306 e. The minimum absolute atomic E-state index is 0.0334. The zero-order valence-corrected chi connectivity index (χ0v) is 27.3. The molecule has 2 rings (SSSR count). The molecule has 2 aliphatic heterocycles. The lowest BCUT2D eigenvalue weighted by atomic mass is 9.90. The van der Waals surface area contributed by atoms with Crippen molar-refractivity contribution in [2.24, 2.45) is 5.92 Å². The van der Waals surface area contributed by atoms with Gasteiger partial charge in [-0.2, -0.15) is 0 Å². The van der Waals surface area contributed by atoms with Gasteiger partial charge in [-0.15, -0.1) is 0 Å². The van der Waals surface area contributed by atoms with Gasteiger partial charge in [0, 0.05) is 50.9 Å². The first-order valence-electron chi connectivity index (χ1n) is 15.8. The molecule has 2 aliphatic rings. The van der Waals surface area contributed by atoms with Crippen LogP contribution in [0.1, 0.15) is 93.4 Å². The SMILES string of the molecule is CCC(=O)C[C@H]1C(OC2OC(COC(=O)CC)C(OC(=O)CC)C(OC(=O)CC)C2OC(=O)CC)C(COC(=O)CC)O[C@H]1C. The van der Waals surface area contributed by atoms with Crippen molar-refractivity contribution in [2.45, 2.75) is 142 Å². The summed E-state index contributed by atoms with van der Waals surface area (Å²) in [5.74, 6) is -3.64.